The van der Waals surface area contributed by atoms with Crippen LogP contribution in [0.5, 0.6) is 0 Å². The number of rotatable bonds is 5. The molecule has 1 amide bonds. The lowest BCUT2D eigenvalue weighted by atomic mass is 10.2. The Morgan fingerprint density at radius 1 is 1.65 bits per heavy atom. The smallest absolute Gasteiger partial charge is 0.252 e. The van der Waals surface area contributed by atoms with Crippen molar-refractivity contribution in [1.29, 1.82) is 0 Å². The number of hydrogen-bond donors (Lipinski definition) is 2. The molecule has 1 heterocycles. The lowest BCUT2D eigenvalue weighted by Crippen LogP contribution is -2.41. The van der Waals surface area contributed by atoms with Gasteiger partial charge in [-0.05, 0) is 32.9 Å². The first kappa shape index (κ1) is 15.0. The van der Waals surface area contributed by atoms with Crippen molar-refractivity contribution in [3.63, 3.8) is 0 Å². The molecule has 108 valence electrons. The molecule has 3 N–H and O–H groups in total. The Balaban J connectivity index is 1.83. The quantitative estimate of drug-likeness (QED) is 0.803. The second-order valence-electron chi connectivity index (χ2n) is 5.16. The van der Waals surface area contributed by atoms with Gasteiger partial charge in [0.1, 0.15) is 0 Å². The zero-order chi connectivity index (χ0) is 14.5. The van der Waals surface area contributed by atoms with E-state index in [0.29, 0.717) is 30.7 Å². The number of nitrogens with one attached hydrogen (secondary N) is 1. The van der Waals surface area contributed by atoms with Gasteiger partial charge in [-0.15, -0.1) is 11.3 Å². The number of likely N-dealkylation sites (N-methyl/N-ethyl adjacent to an activating group) is 1. The van der Waals surface area contributed by atoms with Crippen LogP contribution in [0.2, 0.25) is 0 Å². The van der Waals surface area contributed by atoms with Crippen molar-refractivity contribution in [3.8, 4) is 11.8 Å². The number of thiophene rings is 1. The zero-order valence-corrected chi connectivity index (χ0v) is 12.8. The van der Waals surface area contributed by atoms with Crippen molar-refractivity contribution in [1.82, 2.24) is 10.2 Å². The van der Waals surface area contributed by atoms with Crippen molar-refractivity contribution in [3.05, 3.63) is 21.9 Å². The summed E-state index contributed by atoms with van der Waals surface area (Å²) in [4.78, 5) is 15.3. The van der Waals surface area contributed by atoms with Crippen LogP contribution in [0.25, 0.3) is 0 Å². The minimum absolute atomic E-state index is 0.0295. The average Bonchev–Trinajstić information content (AvgIpc) is 3.19. The zero-order valence-electron chi connectivity index (χ0n) is 12.0. The fourth-order valence-corrected chi connectivity index (χ4v) is 2.74. The number of carbonyl (C=O) groups excluding carboxylic acids is 1. The molecule has 1 aliphatic rings. The van der Waals surface area contributed by atoms with Crippen molar-refractivity contribution in [2.75, 3.05) is 20.1 Å². The molecule has 1 aliphatic carbocycles. The molecule has 20 heavy (non-hydrogen) atoms. The summed E-state index contributed by atoms with van der Waals surface area (Å²) >= 11 is 1.47. The molecule has 1 atom stereocenters. The van der Waals surface area contributed by atoms with E-state index in [-0.39, 0.29) is 5.91 Å². The Hall–Kier alpha value is -1.35. The van der Waals surface area contributed by atoms with Gasteiger partial charge in [-0.25, -0.2) is 0 Å². The van der Waals surface area contributed by atoms with E-state index in [2.05, 4.69) is 36.0 Å². The van der Waals surface area contributed by atoms with E-state index in [1.807, 2.05) is 11.4 Å². The molecular formula is C15H21N3OS. The molecule has 1 aromatic rings. The summed E-state index contributed by atoms with van der Waals surface area (Å²) in [6.07, 6.45) is 2.56. The fourth-order valence-electron chi connectivity index (χ4n) is 1.99. The van der Waals surface area contributed by atoms with Crippen molar-refractivity contribution in [2.24, 2.45) is 5.73 Å². The molecule has 1 saturated carbocycles. The molecule has 1 fully saturated rings. The second-order valence-corrected chi connectivity index (χ2v) is 6.07. The lowest BCUT2D eigenvalue weighted by Gasteiger charge is -2.24. The van der Waals surface area contributed by atoms with Gasteiger partial charge in [0.15, 0.2) is 0 Å². The highest BCUT2D eigenvalue weighted by atomic mass is 32.1. The van der Waals surface area contributed by atoms with Crippen molar-refractivity contribution in [2.45, 2.75) is 31.8 Å². The Morgan fingerprint density at radius 3 is 3.05 bits per heavy atom. The van der Waals surface area contributed by atoms with E-state index in [1.165, 1.54) is 24.2 Å². The van der Waals surface area contributed by atoms with Crippen molar-refractivity contribution < 1.29 is 4.79 Å². The third-order valence-corrected chi connectivity index (χ3v) is 4.40. The van der Waals surface area contributed by atoms with Gasteiger partial charge in [0.05, 0.1) is 17.0 Å². The van der Waals surface area contributed by atoms with E-state index < -0.39 is 0 Å². The maximum Gasteiger partial charge on any atom is 0.252 e. The summed E-state index contributed by atoms with van der Waals surface area (Å²) in [6.45, 7) is 3.15. The van der Waals surface area contributed by atoms with Crippen LogP contribution in [0.15, 0.2) is 11.4 Å². The Labute approximate surface area is 124 Å². The fraction of sp³-hybridized carbons (Fsp3) is 0.533. The number of nitrogens with zero attached hydrogens (tertiary/aromatic N) is 1. The van der Waals surface area contributed by atoms with Crippen LogP contribution in [0.1, 0.15) is 35.0 Å². The van der Waals surface area contributed by atoms with Crippen LogP contribution in [0.3, 0.4) is 0 Å². The standard InChI is InChI=1S/C15H21N3OS/c1-11(18(2)13-5-6-13)9-17-15(19)12-8-14(20-10-12)4-3-7-16/h8,10-11,13H,5-7,9,16H2,1-2H3,(H,17,19). The third-order valence-electron chi connectivity index (χ3n) is 3.55. The van der Waals surface area contributed by atoms with Gasteiger partial charge in [0, 0.05) is 24.0 Å². The van der Waals surface area contributed by atoms with Gasteiger partial charge in [-0.2, -0.15) is 0 Å². The topological polar surface area (TPSA) is 58.4 Å². The number of nitrogens with two attached hydrogens (primary N) is 1. The molecule has 2 rings (SSSR count). The third kappa shape index (κ3) is 4.07. The van der Waals surface area contributed by atoms with E-state index in [1.54, 1.807) is 0 Å². The first-order valence-electron chi connectivity index (χ1n) is 6.89. The summed E-state index contributed by atoms with van der Waals surface area (Å²) in [5.41, 5.74) is 6.01. The SMILES string of the molecule is CC(CNC(=O)c1csc(C#CCN)c1)N(C)C1CC1. The molecule has 0 saturated heterocycles. The summed E-state index contributed by atoms with van der Waals surface area (Å²) in [5.74, 6) is 5.70. The molecule has 0 radical (unpaired) electrons. The molecule has 1 aromatic heterocycles. The number of carbonyl (C=O) groups is 1. The van der Waals surface area contributed by atoms with Gasteiger partial charge in [0.25, 0.3) is 5.91 Å². The Bertz CT molecular complexity index is 525. The maximum atomic E-state index is 12.0. The highest BCUT2D eigenvalue weighted by Crippen LogP contribution is 2.26. The van der Waals surface area contributed by atoms with E-state index >= 15 is 0 Å². The second kappa shape index (κ2) is 6.89. The first-order chi connectivity index (χ1) is 9.61. The van der Waals surface area contributed by atoms with Crippen LogP contribution in [-0.2, 0) is 0 Å². The van der Waals surface area contributed by atoms with Crippen LogP contribution in [-0.4, -0.2) is 43.0 Å². The number of hydrogen-bond acceptors (Lipinski definition) is 4. The van der Waals surface area contributed by atoms with Gasteiger partial charge in [-0.3, -0.25) is 9.69 Å². The van der Waals surface area contributed by atoms with E-state index in [4.69, 9.17) is 5.73 Å². The first-order valence-corrected chi connectivity index (χ1v) is 7.77. The molecular weight excluding hydrogens is 270 g/mol. The van der Waals surface area contributed by atoms with Gasteiger partial charge in [-0.1, -0.05) is 11.8 Å². The molecule has 0 aromatic carbocycles. The Morgan fingerprint density at radius 2 is 2.40 bits per heavy atom. The highest BCUT2D eigenvalue weighted by molar-refractivity contribution is 7.10. The van der Waals surface area contributed by atoms with Gasteiger partial charge in [0.2, 0.25) is 0 Å². The maximum absolute atomic E-state index is 12.0. The highest BCUT2D eigenvalue weighted by Gasteiger charge is 2.29. The monoisotopic (exact) mass is 291 g/mol. The molecule has 1 unspecified atom stereocenters. The van der Waals surface area contributed by atoms with Gasteiger partial charge < -0.3 is 11.1 Å². The molecule has 0 spiro atoms. The van der Waals surface area contributed by atoms with Crippen LogP contribution >= 0.6 is 11.3 Å². The summed E-state index contributed by atoms with van der Waals surface area (Å²) < 4.78 is 0. The van der Waals surface area contributed by atoms with E-state index in [9.17, 15) is 4.79 Å². The van der Waals surface area contributed by atoms with Crippen LogP contribution in [0.4, 0.5) is 0 Å². The summed E-state index contributed by atoms with van der Waals surface area (Å²) in [6, 6.07) is 2.89. The summed E-state index contributed by atoms with van der Waals surface area (Å²) in [7, 11) is 2.12. The van der Waals surface area contributed by atoms with Crippen LogP contribution < -0.4 is 11.1 Å². The van der Waals surface area contributed by atoms with Crippen molar-refractivity contribution >= 4 is 17.2 Å². The summed E-state index contributed by atoms with van der Waals surface area (Å²) in [5, 5.41) is 4.82. The largest absolute Gasteiger partial charge is 0.350 e. The Kier molecular flexibility index (Phi) is 5.18. The minimum atomic E-state index is -0.0295. The molecule has 0 bridgehead atoms. The van der Waals surface area contributed by atoms with E-state index in [0.717, 1.165) is 4.88 Å². The average molecular weight is 291 g/mol. The predicted octanol–water partition coefficient (Wildman–Crippen LogP) is 1.27. The normalized spacial score (nSPS) is 15.6. The van der Waals surface area contributed by atoms with Crippen LogP contribution in [0, 0.1) is 11.8 Å². The lowest BCUT2D eigenvalue weighted by molar-refractivity contribution is 0.0940. The minimum Gasteiger partial charge on any atom is -0.350 e. The molecule has 4 nitrogen and oxygen atoms in total. The molecule has 5 heteroatoms. The number of amides is 1. The van der Waals surface area contributed by atoms with Gasteiger partial charge >= 0.3 is 0 Å². The predicted molar refractivity (Wildman–Crippen MR) is 82.8 cm³/mol. The molecule has 0 aliphatic heterocycles.